The number of carbonyl (C=O) groups is 1. The van der Waals surface area contributed by atoms with Gasteiger partial charge in [0.05, 0.1) is 12.7 Å². The van der Waals surface area contributed by atoms with E-state index in [1.54, 1.807) is 4.90 Å². The molecule has 0 aromatic heterocycles. The van der Waals surface area contributed by atoms with Crippen LogP contribution in [0.15, 0.2) is 0 Å². The van der Waals surface area contributed by atoms with Crippen molar-refractivity contribution in [2.75, 3.05) is 26.2 Å². The first-order valence-corrected chi connectivity index (χ1v) is 7.84. The second-order valence-corrected chi connectivity index (χ2v) is 7.07. The molecule has 1 aliphatic heterocycles. The fourth-order valence-corrected chi connectivity index (χ4v) is 3.18. The highest BCUT2D eigenvalue weighted by atomic mass is 16.6. The van der Waals surface area contributed by atoms with Crippen LogP contribution in [0.25, 0.3) is 0 Å². The predicted molar refractivity (Wildman–Crippen MR) is 79.0 cm³/mol. The summed E-state index contributed by atoms with van der Waals surface area (Å²) in [7, 11) is 0. The summed E-state index contributed by atoms with van der Waals surface area (Å²) >= 11 is 0. The van der Waals surface area contributed by atoms with Gasteiger partial charge in [-0.2, -0.15) is 0 Å². The zero-order chi connectivity index (χ0) is 15.6. The van der Waals surface area contributed by atoms with Gasteiger partial charge in [0.15, 0.2) is 0 Å². The first-order chi connectivity index (χ1) is 9.81. The van der Waals surface area contributed by atoms with Gasteiger partial charge >= 0.3 is 6.09 Å². The molecule has 2 N–H and O–H groups in total. The van der Waals surface area contributed by atoms with Gasteiger partial charge in [0.25, 0.3) is 0 Å². The Bertz CT molecular complexity index is 363. The van der Waals surface area contributed by atoms with Crippen LogP contribution >= 0.6 is 0 Å². The SMILES string of the molecule is CC(C)(C)OC(=O)N1CC(N(CCO)[C@@H]2CCC[C@H]2O)C1. The highest BCUT2D eigenvalue weighted by Crippen LogP contribution is 2.29. The molecule has 1 amide bonds. The molecule has 0 spiro atoms. The van der Waals surface area contributed by atoms with Gasteiger partial charge in [-0.1, -0.05) is 0 Å². The molecule has 1 heterocycles. The number of hydrogen-bond donors (Lipinski definition) is 2. The Kier molecular flexibility index (Phi) is 5.11. The summed E-state index contributed by atoms with van der Waals surface area (Å²) in [6, 6.07) is 0.324. The largest absolute Gasteiger partial charge is 0.444 e. The first kappa shape index (κ1) is 16.5. The average Bonchev–Trinajstić information content (AvgIpc) is 2.69. The van der Waals surface area contributed by atoms with Crippen LogP contribution in [-0.2, 0) is 4.74 Å². The van der Waals surface area contributed by atoms with Crippen LogP contribution in [0.2, 0.25) is 0 Å². The Morgan fingerprint density at radius 1 is 1.33 bits per heavy atom. The lowest BCUT2D eigenvalue weighted by Crippen LogP contribution is -2.64. The van der Waals surface area contributed by atoms with Crippen LogP contribution in [0, 0.1) is 0 Å². The lowest BCUT2D eigenvalue weighted by atomic mass is 10.0. The minimum absolute atomic E-state index is 0.0756. The fraction of sp³-hybridized carbons (Fsp3) is 0.933. The van der Waals surface area contributed by atoms with Crippen molar-refractivity contribution in [2.24, 2.45) is 0 Å². The van der Waals surface area contributed by atoms with Gasteiger partial charge < -0.3 is 19.8 Å². The highest BCUT2D eigenvalue weighted by Gasteiger charge is 2.42. The van der Waals surface area contributed by atoms with Crippen LogP contribution in [0.5, 0.6) is 0 Å². The maximum Gasteiger partial charge on any atom is 0.410 e. The van der Waals surface area contributed by atoms with Crippen molar-refractivity contribution < 1.29 is 19.7 Å². The van der Waals surface area contributed by atoms with Crippen LogP contribution < -0.4 is 0 Å². The maximum atomic E-state index is 11.9. The summed E-state index contributed by atoms with van der Waals surface area (Å²) < 4.78 is 5.35. The molecule has 0 bridgehead atoms. The van der Waals surface area contributed by atoms with E-state index in [1.807, 2.05) is 20.8 Å². The maximum absolute atomic E-state index is 11.9. The summed E-state index contributed by atoms with van der Waals surface area (Å²) in [5.74, 6) is 0. The number of rotatable bonds is 4. The monoisotopic (exact) mass is 300 g/mol. The van der Waals surface area contributed by atoms with E-state index < -0.39 is 5.60 Å². The molecule has 2 atom stereocenters. The van der Waals surface area contributed by atoms with E-state index in [-0.39, 0.29) is 30.9 Å². The van der Waals surface area contributed by atoms with Crippen LogP contribution in [0.4, 0.5) is 4.79 Å². The number of ether oxygens (including phenoxy) is 1. The highest BCUT2D eigenvalue weighted by molar-refractivity contribution is 5.69. The Labute approximate surface area is 126 Å². The van der Waals surface area contributed by atoms with Gasteiger partial charge in [-0.05, 0) is 40.0 Å². The predicted octanol–water partition coefficient (Wildman–Crippen LogP) is 0.813. The zero-order valence-electron chi connectivity index (χ0n) is 13.3. The van der Waals surface area contributed by atoms with Crippen molar-refractivity contribution in [2.45, 2.75) is 63.8 Å². The molecule has 1 aliphatic carbocycles. The molecule has 0 radical (unpaired) electrons. The Hall–Kier alpha value is -0.850. The van der Waals surface area contributed by atoms with Gasteiger partial charge in [-0.15, -0.1) is 0 Å². The molecule has 6 nitrogen and oxygen atoms in total. The lowest BCUT2D eigenvalue weighted by Gasteiger charge is -2.48. The minimum atomic E-state index is -0.478. The molecule has 0 unspecified atom stereocenters. The number of likely N-dealkylation sites (tertiary alicyclic amines) is 1. The molecule has 122 valence electrons. The normalized spacial score (nSPS) is 27.0. The molecular formula is C15H28N2O4. The number of aliphatic hydroxyl groups excluding tert-OH is 2. The third kappa shape index (κ3) is 4.08. The van der Waals surface area contributed by atoms with Crippen molar-refractivity contribution >= 4 is 6.09 Å². The summed E-state index contributed by atoms with van der Waals surface area (Å²) in [4.78, 5) is 15.8. The van der Waals surface area contributed by atoms with E-state index in [0.717, 1.165) is 19.3 Å². The number of carbonyl (C=O) groups excluding carboxylic acids is 1. The standard InChI is InChI=1S/C15H28N2O4/c1-15(2,3)21-14(20)16-9-11(10-16)17(7-8-18)12-5-4-6-13(12)19/h11-13,18-19H,4-10H2,1-3H3/t12-,13-/m1/s1. The second-order valence-electron chi connectivity index (χ2n) is 7.07. The lowest BCUT2D eigenvalue weighted by molar-refractivity contribution is -0.0427. The summed E-state index contributed by atoms with van der Waals surface area (Å²) in [5, 5.41) is 19.3. The van der Waals surface area contributed by atoms with Gasteiger partial charge in [0.2, 0.25) is 0 Å². The van der Waals surface area contributed by atoms with Gasteiger partial charge in [-0.3, -0.25) is 4.90 Å². The number of amides is 1. The van der Waals surface area contributed by atoms with Crippen LogP contribution in [-0.4, -0.2) is 76.1 Å². The molecule has 1 saturated carbocycles. The average molecular weight is 300 g/mol. The van der Waals surface area contributed by atoms with E-state index in [0.29, 0.717) is 19.6 Å². The summed E-state index contributed by atoms with van der Waals surface area (Å²) in [6.07, 6.45) is 2.22. The number of hydrogen-bond acceptors (Lipinski definition) is 5. The van der Waals surface area contributed by atoms with E-state index in [9.17, 15) is 15.0 Å². The van der Waals surface area contributed by atoms with E-state index >= 15 is 0 Å². The first-order valence-electron chi connectivity index (χ1n) is 7.84. The van der Waals surface area contributed by atoms with Gasteiger partial charge in [0.1, 0.15) is 5.60 Å². The molecule has 2 rings (SSSR count). The Balaban J connectivity index is 1.87. The van der Waals surface area contributed by atoms with Crippen molar-refractivity contribution in [3.8, 4) is 0 Å². The van der Waals surface area contributed by atoms with Gasteiger partial charge in [0, 0.05) is 31.7 Å². The van der Waals surface area contributed by atoms with E-state index in [2.05, 4.69) is 4.90 Å². The quantitative estimate of drug-likeness (QED) is 0.804. The van der Waals surface area contributed by atoms with Crippen molar-refractivity contribution in [3.05, 3.63) is 0 Å². The zero-order valence-corrected chi connectivity index (χ0v) is 13.3. The van der Waals surface area contributed by atoms with Crippen molar-refractivity contribution in [1.29, 1.82) is 0 Å². The number of nitrogens with zero attached hydrogens (tertiary/aromatic N) is 2. The smallest absolute Gasteiger partial charge is 0.410 e. The third-order valence-corrected chi connectivity index (χ3v) is 4.21. The Morgan fingerprint density at radius 3 is 2.48 bits per heavy atom. The van der Waals surface area contributed by atoms with E-state index in [4.69, 9.17) is 4.74 Å². The molecule has 1 saturated heterocycles. The molecule has 2 fully saturated rings. The minimum Gasteiger partial charge on any atom is -0.444 e. The van der Waals surface area contributed by atoms with Crippen molar-refractivity contribution in [3.63, 3.8) is 0 Å². The summed E-state index contributed by atoms with van der Waals surface area (Å²) in [5.41, 5.74) is -0.478. The van der Waals surface area contributed by atoms with Crippen LogP contribution in [0.3, 0.4) is 0 Å². The second kappa shape index (κ2) is 6.50. The summed E-state index contributed by atoms with van der Waals surface area (Å²) in [6.45, 7) is 7.41. The van der Waals surface area contributed by atoms with Gasteiger partial charge in [-0.25, -0.2) is 4.79 Å². The molecule has 21 heavy (non-hydrogen) atoms. The molecule has 6 heteroatoms. The topological polar surface area (TPSA) is 73.2 Å². The molecular weight excluding hydrogens is 272 g/mol. The van der Waals surface area contributed by atoms with Crippen LogP contribution in [0.1, 0.15) is 40.0 Å². The van der Waals surface area contributed by atoms with Crippen molar-refractivity contribution in [1.82, 2.24) is 9.80 Å². The molecule has 2 aliphatic rings. The third-order valence-electron chi connectivity index (χ3n) is 4.21. The van der Waals surface area contributed by atoms with E-state index in [1.165, 1.54) is 0 Å². The Morgan fingerprint density at radius 2 is 2.00 bits per heavy atom. The number of aliphatic hydroxyl groups is 2. The molecule has 0 aromatic carbocycles. The fourth-order valence-electron chi connectivity index (χ4n) is 3.18. The molecule has 0 aromatic rings.